The lowest BCUT2D eigenvalue weighted by molar-refractivity contribution is 0.0996. The van der Waals surface area contributed by atoms with E-state index < -0.39 is 0 Å². The number of benzene rings is 1. The first kappa shape index (κ1) is 7.87. The second-order valence-electron chi connectivity index (χ2n) is 3.12. The Morgan fingerprint density at radius 2 is 2.17 bits per heavy atom. The van der Waals surface area contributed by atoms with Gasteiger partial charge in [-0.05, 0) is 31.5 Å². The van der Waals surface area contributed by atoms with E-state index in [2.05, 4.69) is 6.07 Å². The van der Waals surface area contributed by atoms with Gasteiger partial charge in [0.2, 0.25) is 0 Å². The van der Waals surface area contributed by atoms with Crippen LogP contribution in [0.1, 0.15) is 22.8 Å². The fraction of sp³-hybridized carbons (Fsp3) is 0.300. The Kier molecular flexibility index (Phi) is 1.72. The van der Waals surface area contributed by atoms with Gasteiger partial charge < -0.3 is 0 Å². The number of rotatable bonds is 0. The molecule has 1 nitrogen and oxygen atoms in total. The normalized spacial score (nSPS) is 21.2. The summed E-state index contributed by atoms with van der Waals surface area (Å²) in [6.45, 7) is 4.01. The van der Waals surface area contributed by atoms with Crippen molar-refractivity contribution in [1.82, 2.24) is 0 Å². The molecule has 1 heterocycles. The number of aryl methyl sites for hydroxylation is 1. The highest BCUT2D eigenvalue weighted by molar-refractivity contribution is 8.01. The number of hydrogen-bond donors (Lipinski definition) is 0. The molecular weight excluding hydrogens is 168 g/mol. The van der Waals surface area contributed by atoms with Crippen LogP contribution in [0.4, 0.5) is 0 Å². The van der Waals surface area contributed by atoms with Gasteiger partial charge in [0.15, 0.2) is 5.78 Å². The van der Waals surface area contributed by atoms with Crippen LogP contribution in [-0.4, -0.2) is 11.0 Å². The van der Waals surface area contributed by atoms with Crippen molar-refractivity contribution in [2.75, 3.05) is 0 Å². The number of fused-ring (bicyclic) bond motifs is 1. The molecule has 62 valence electrons. The van der Waals surface area contributed by atoms with Crippen LogP contribution in [0, 0.1) is 6.92 Å². The van der Waals surface area contributed by atoms with Gasteiger partial charge in [-0.15, -0.1) is 11.8 Å². The van der Waals surface area contributed by atoms with Gasteiger partial charge in [0, 0.05) is 10.5 Å². The molecule has 0 amide bonds. The summed E-state index contributed by atoms with van der Waals surface area (Å²) in [7, 11) is 0. The molecule has 2 heteroatoms. The third-order valence-corrected chi connectivity index (χ3v) is 3.23. The molecule has 0 radical (unpaired) electrons. The van der Waals surface area contributed by atoms with Gasteiger partial charge in [0.25, 0.3) is 0 Å². The van der Waals surface area contributed by atoms with Gasteiger partial charge in [0.05, 0.1) is 5.25 Å². The highest BCUT2D eigenvalue weighted by Gasteiger charge is 2.27. The molecule has 1 aliphatic rings. The molecule has 1 atom stereocenters. The SMILES string of the molecule is Cc1ccc2c(c1)SC(C)C2=O. The topological polar surface area (TPSA) is 17.1 Å². The molecule has 0 spiro atoms. The predicted molar refractivity (Wildman–Crippen MR) is 50.8 cm³/mol. The van der Waals surface area contributed by atoms with Crippen LogP contribution in [0.3, 0.4) is 0 Å². The summed E-state index contributed by atoms with van der Waals surface area (Å²) in [5, 5.41) is 0.113. The Bertz CT molecular complexity index is 344. The maximum absolute atomic E-state index is 11.5. The zero-order valence-electron chi connectivity index (χ0n) is 7.13. The molecule has 0 fully saturated rings. The van der Waals surface area contributed by atoms with E-state index in [4.69, 9.17) is 0 Å². The Hall–Kier alpha value is -0.760. The van der Waals surface area contributed by atoms with Crippen molar-refractivity contribution in [3.05, 3.63) is 29.3 Å². The fourth-order valence-corrected chi connectivity index (χ4v) is 2.56. The van der Waals surface area contributed by atoms with Gasteiger partial charge in [-0.25, -0.2) is 0 Å². The molecule has 1 aromatic carbocycles. The van der Waals surface area contributed by atoms with E-state index in [0.717, 1.165) is 10.5 Å². The van der Waals surface area contributed by atoms with Crippen LogP contribution in [-0.2, 0) is 0 Å². The molecule has 0 aliphatic carbocycles. The Labute approximate surface area is 76.2 Å². The maximum Gasteiger partial charge on any atom is 0.177 e. The first-order valence-electron chi connectivity index (χ1n) is 4.00. The van der Waals surface area contributed by atoms with E-state index >= 15 is 0 Å². The van der Waals surface area contributed by atoms with Crippen molar-refractivity contribution < 1.29 is 4.79 Å². The minimum atomic E-state index is 0.113. The number of ketones is 1. The van der Waals surface area contributed by atoms with Crippen molar-refractivity contribution in [3.8, 4) is 0 Å². The maximum atomic E-state index is 11.5. The van der Waals surface area contributed by atoms with Gasteiger partial charge in [0.1, 0.15) is 0 Å². The van der Waals surface area contributed by atoms with Crippen molar-refractivity contribution >= 4 is 17.5 Å². The zero-order valence-corrected chi connectivity index (χ0v) is 7.94. The van der Waals surface area contributed by atoms with Crippen LogP contribution in [0.2, 0.25) is 0 Å². The molecule has 12 heavy (non-hydrogen) atoms. The quantitative estimate of drug-likeness (QED) is 0.607. The number of carbonyl (C=O) groups excluding carboxylic acids is 1. The molecule has 0 N–H and O–H groups in total. The lowest BCUT2D eigenvalue weighted by atomic mass is 10.1. The van der Waals surface area contributed by atoms with Crippen molar-refractivity contribution in [2.24, 2.45) is 0 Å². The average Bonchev–Trinajstić information content (AvgIpc) is 2.28. The second kappa shape index (κ2) is 2.63. The highest BCUT2D eigenvalue weighted by atomic mass is 32.2. The minimum absolute atomic E-state index is 0.113. The van der Waals surface area contributed by atoms with Gasteiger partial charge in [-0.3, -0.25) is 4.79 Å². The van der Waals surface area contributed by atoms with Crippen molar-refractivity contribution in [3.63, 3.8) is 0 Å². The van der Waals surface area contributed by atoms with Crippen LogP contribution < -0.4 is 0 Å². The standard InChI is InChI=1S/C10H10OS/c1-6-3-4-8-9(5-6)12-7(2)10(8)11/h3-5,7H,1-2H3. The molecule has 1 aliphatic heterocycles. The van der Waals surface area contributed by atoms with E-state index in [0.29, 0.717) is 0 Å². The van der Waals surface area contributed by atoms with Crippen LogP contribution in [0.5, 0.6) is 0 Å². The summed E-state index contributed by atoms with van der Waals surface area (Å²) in [4.78, 5) is 12.6. The van der Waals surface area contributed by atoms with Crippen LogP contribution >= 0.6 is 11.8 Å². The molecule has 0 bridgehead atoms. The zero-order chi connectivity index (χ0) is 8.72. The summed E-state index contributed by atoms with van der Waals surface area (Å²) in [6, 6.07) is 6.01. The van der Waals surface area contributed by atoms with E-state index in [9.17, 15) is 4.79 Å². The number of carbonyl (C=O) groups is 1. The van der Waals surface area contributed by atoms with Gasteiger partial charge in [-0.2, -0.15) is 0 Å². The van der Waals surface area contributed by atoms with Crippen molar-refractivity contribution in [2.45, 2.75) is 24.0 Å². The fourth-order valence-electron chi connectivity index (χ4n) is 1.39. The summed E-state index contributed by atoms with van der Waals surface area (Å²) >= 11 is 1.66. The average molecular weight is 178 g/mol. The third kappa shape index (κ3) is 1.07. The van der Waals surface area contributed by atoms with E-state index in [1.54, 1.807) is 11.8 Å². The van der Waals surface area contributed by atoms with Crippen molar-refractivity contribution in [1.29, 1.82) is 0 Å². The molecule has 1 aromatic rings. The molecule has 0 aromatic heterocycles. The first-order valence-corrected chi connectivity index (χ1v) is 4.88. The van der Waals surface area contributed by atoms with E-state index in [1.807, 2.05) is 26.0 Å². The number of Topliss-reactive ketones (excluding diaryl/α,β-unsaturated/α-hetero) is 1. The summed E-state index contributed by atoms with van der Waals surface area (Å²) in [5.74, 6) is 0.273. The monoisotopic (exact) mass is 178 g/mol. The van der Waals surface area contributed by atoms with Gasteiger partial charge >= 0.3 is 0 Å². The Balaban J connectivity index is 2.54. The first-order chi connectivity index (χ1) is 5.68. The minimum Gasteiger partial charge on any atom is -0.293 e. The number of thioether (sulfide) groups is 1. The molecule has 0 saturated carbocycles. The van der Waals surface area contributed by atoms with E-state index in [1.165, 1.54) is 5.56 Å². The molecule has 2 rings (SSSR count). The van der Waals surface area contributed by atoms with E-state index in [-0.39, 0.29) is 11.0 Å². The Morgan fingerprint density at radius 1 is 1.42 bits per heavy atom. The predicted octanol–water partition coefficient (Wildman–Crippen LogP) is 2.67. The molecule has 1 unspecified atom stereocenters. The van der Waals surface area contributed by atoms with Gasteiger partial charge in [-0.1, -0.05) is 6.07 Å². The summed E-state index contributed by atoms with van der Waals surface area (Å²) in [5.41, 5.74) is 2.13. The molecular formula is C10H10OS. The largest absolute Gasteiger partial charge is 0.293 e. The second-order valence-corrected chi connectivity index (χ2v) is 4.51. The smallest absolute Gasteiger partial charge is 0.177 e. The highest BCUT2D eigenvalue weighted by Crippen LogP contribution is 2.36. The lowest BCUT2D eigenvalue weighted by Crippen LogP contribution is -2.05. The summed E-state index contributed by atoms with van der Waals surface area (Å²) in [6.07, 6.45) is 0. The summed E-state index contributed by atoms with van der Waals surface area (Å²) < 4.78 is 0. The Morgan fingerprint density at radius 3 is 2.92 bits per heavy atom. The molecule has 0 saturated heterocycles. The van der Waals surface area contributed by atoms with Crippen LogP contribution in [0.25, 0.3) is 0 Å². The third-order valence-electron chi connectivity index (χ3n) is 2.08. The number of hydrogen-bond acceptors (Lipinski definition) is 2. The lowest BCUT2D eigenvalue weighted by Gasteiger charge is -1.96. The van der Waals surface area contributed by atoms with Crippen LogP contribution in [0.15, 0.2) is 23.1 Å².